The number of amides is 1. The second kappa shape index (κ2) is 8.58. The maximum absolute atomic E-state index is 11.8. The quantitative estimate of drug-likeness (QED) is 0.798. The summed E-state index contributed by atoms with van der Waals surface area (Å²) in [5.74, 6) is 0.742. The van der Waals surface area contributed by atoms with Gasteiger partial charge in [-0.1, -0.05) is 42.5 Å². The first-order valence-electron chi connectivity index (χ1n) is 7.26. The lowest BCUT2D eigenvalue weighted by molar-refractivity contribution is -0.109. The molecule has 2 aromatic rings. The summed E-state index contributed by atoms with van der Waals surface area (Å²) in [5, 5.41) is 2.55. The topological polar surface area (TPSA) is 64.6 Å². The minimum Gasteiger partial charge on any atom is -0.497 e. The second-order valence-corrected chi connectivity index (χ2v) is 5.00. The summed E-state index contributed by atoms with van der Waals surface area (Å²) in [6, 6.07) is 16.0. The van der Waals surface area contributed by atoms with Crippen LogP contribution in [0.15, 0.2) is 54.6 Å². The second-order valence-electron chi connectivity index (χ2n) is 5.00. The first kappa shape index (κ1) is 16.5. The van der Waals surface area contributed by atoms with Crippen molar-refractivity contribution in [2.24, 2.45) is 0 Å². The number of aldehydes is 1. The van der Waals surface area contributed by atoms with Crippen LogP contribution in [0.25, 0.3) is 0 Å². The van der Waals surface area contributed by atoms with E-state index in [1.807, 2.05) is 54.6 Å². The SMILES string of the molecule is COc1ccc(C[C@@H](C=O)NC(=O)OCc2ccccc2)cc1. The van der Waals surface area contributed by atoms with Crippen molar-refractivity contribution in [2.75, 3.05) is 7.11 Å². The highest BCUT2D eigenvalue weighted by atomic mass is 16.5. The molecule has 0 unspecified atom stereocenters. The average molecular weight is 313 g/mol. The molecule has 5 nitrogen and oxygen atoms in total. The van der Waals surface area contributed by atoms with Gasteiger partial charge in [-0.25, -0.2) is 4.79 Å². The van der Waals surface area contributed by atoms with Crippen LogP contribution >= 0.6 is 0 Å². The number of alkyl carbamates (subject to hydrolysis) is 1. The molecule has 0 radical (unpaired) electrons. The van der Waals surface area contributed by atoms with E-state index in [1.54, 1.807) is 7.11 Å². The molecule has 1 atom stereocenters. The Morgan fingerprint density at radius 3 is 2.39 bits per heavy atom. The normalized spacial score (nSPS) is 11.3. The van der Waals surface area contributed by atoms with Crippen LogP contribution in [-0.2, 0) is 22.6 Å². The molecule has 5 heteroatoms. The van der Waals surface area contributed by atoms with Crippen molar-refractivity contribution >= 4 is 12.4 Å². The monoisotopic (exact) mass is 313 g/mol. The number of benzene rings is 2. The fourth-order valence-corrected chi connectivity index (χ4v) is 2.06. The number of ether oxygens (including phenoxy) is 2. The zero-order valence-corrected chi connectivity index (χ0v) is 12.9. The van der Waals surface area contributed by atoms with Crippen LogP contribution in [0.4, 0.5) is 4.79 Å². The predicted molar refractivity (Wildman–Crippen MR) is 86.3 cm³/mol. The third-order valence-corrected chi connectivity index (χ3v) is 3.29. The molecule has 2 rings (SSSR count). The minimum absolute atomic E-state index is 0.167. The Kier molecular flexibility index (Phi) is 6.17. The summed E-state index contributed by atoms with van der Waals surface area (Å²) < 4.78 is 10.2. The number of rotatable bonds is 7. The van der Waals surface area contributed by atoms with Crippen LogP contribution in [0.2, 0.25) is 0 Å². The molecular formula is C18H19NO4. The number of carbonyl (C=O) groups is 2. The van der Waals surface area contributed by atoms with Gasteiger partial charge in [0.1, 0.15) is 18.6 Å². The van der Waals surface area contributed by atoms with Crippen LogP contribution in [-0.4, -0.2) is 25.5 Å². The third kappa shape index (κ3) is 5.47. The van der Waals surface area contributed by atoms with Gasteiger partial charge in [0.15, 0.2) is 0 Å². The summed E-state index contributed by atoms with van der Waals surface area (Å²) in [6.07, 6.45) is 0.488. The fourth-order valence-electron chi connectivity index (χ4n) is 2.06. The lowest BCUT2D eigenvalue weighted by Gasteiger charge is -2.13. The van der Waals surface area contributed by atoms with Crippen molar-refractivity contribution in [2.45, 2.75) is 19.1 Å². The van der Waals surface area contributed by atoms with E-state index in [0.717, 1.165) is 16.9 Å². The number of hydrogen-bond acceptors (Lipinski definition) is 4. The van der Waals surface area contributed by atoms with Gasteiger partial charge in [-0.3, -0.25) is 0 Å². The van der Waals surface area contributed by atoms with Crippen LogP contribution in [0, 0.1) is 0 Å². The molecule has 0 spiro atoms. The van der Waals surface area contributed by atoms with Crippen molar-refractivity contribution < 1.29 is 19.1 Å². The summed E-state index contributed by atoms with van der Waals surface area (Å²) in [7, 11) is 1.59. The molecule has 0 bridgehead atoms. The molecule has 0 heterocycles. The number of hydrogen-bond donors (Lipinski definition) is 1. The third-order valence-electron chi connectivity index (χ3n) is 3.29. The van der Waals surface area contributed by atoms with E-state index in [9.17, 15) is 9.59 Å². The van der Waals surface area contributed by atoms with Gasteiger partial charge < -0.3 is 19.6 Å². The van der Waals surface area contributed by atoms with Crippen molar-refractivity contribution in [1.29, 1.82) is 0 Å². The first-order chi connectivity index (χ1) is 11.2. The van der Waals surface area contributed by atoms with E-state index >= 15 is 0 Å². The van der Waals surface area contributed by atoms with Crippen molar-refractivity contribution in [3.63, 3.8) is 0 Å². The van der Waals surface area contributed by atoms with Crippen LogP contribution in [0.5, 0.6) is 5.75 Å². The Bertz CT molecular complexity index is 625. The van der Waals surface area contributed by atoms with Gasteiger partial charge in [0.05, 0.1) is 13.2 Å². The molecular weight excluding hydrogens is 294 g/mol. The van der Waals surface area contributed by atoms with Crippen molar-refractivity contribution in [3.05, 3.63) is 65.7 Å². The van der Waals surface area contributed by atoms with E-state index in [4.69, 9.17) is 9.47 Å². The predicted octanol–water partition coefficient (Wildman–Crippen LogP) is 2.73. The molecule has 0 aliphatic rings. The molecule has 0 saturated heterocycles. The van der Waals surface area contributed by atoms with E-state index in [-0.39, 0.29) is 6.61 Å². The van der Waals surface area contributed by atoms with E-state index < -0.39 is 12.1 Å². The van der Waals surface area contributed by atoms with Gasteiger partial charge in [0.25, 0.3) is 0 Å². The number of methoxy groups -OCH3 is 1. The molecule has 0 aromatic heterocycles. The lowest BCUT2D eigenvalue weighted by Crippen LogP contribution is -2.37. The van der Waals surface area contributed by atoms with Crippen LogP contribution < -0.4 is 10.1 Å². The maximum atomic E-state index is 11.8. The van der Waals surface area contributed by atoms with Crippen molar-refractivity contribution in [3.8, 4) is 5.75 Å². The summed E-state index contributed by atoms with van der Waals surface area (Å²) in [4.78, 5) is 22.9. The highest BCUT2D eigenvalue weighted by Gasteiger charge is 2.13. The summed E-state index contributed by atoms with van der Waals surface area (Å²) in [5.41, 5.74) is 1.81. The largest absolute Gasteiger partial charge is 0.497 e. The standard InChI is InChI=1S/C18H19NO4/c1-22-17-9-7-14(8-10-17)11-16(12-20)19-18(21)23-13-15-5-3-2-4-6-15/h2-10,12,16H,11,13H2,1H3,(H,19,21)/t16-/m0/s1. The molecule has 0 fully saturated rings. The number of carbonyl (C=O) groups excluding carboxylic acids is 2. The van der Waals surface area contributed by atoms with Gasteiger partial charge in [0, 0.05) is 0 Å². The molecule has 0 saturated carbocycles. The van der Waals surface area contributed by atoms with Gasteiger partial charge in [0.2, 0.25) is 0 Å². The first-order valence-corrected chi connectivity index (χ1v) is 7.26. The molecule has 1 N–H and O–H groups in total. The van der Waals surface area contributed by atoms with Crippen LogP contribution in [0.1, 0.15) is 11.1 Å². The van der Waals surface area contributed by atoms with Gasteiger partial charge in [-0.2, -0.15) is 0 Å². The van der Waals surface area contributed by atoms with Crippen LogP contribution in [0.3, 0.4) is 0 Å². The Hall–Kier alpha value is -2.82. The smallest absolute Gasteiger partial charge is 0.408 e. The Balaban J connectivity index is 1.83. The van der Waals surface area contributed by atoms with E-state index in [1.165, 1.54) is 0 Å². The Morgan fingerprint density at radius 1 is 1.09 bits per heavy atom. The average Bonchev–Trinajstić information content (AvgIpc) is 2.61. The number of nitrogens with one attached hydrogen (secondary N) is 1. The molecule has 120 valence electrons. The molecule has 1 amide bonds. The van der Waals surface area contributed by atoms with Gasteiger partial charge in [-0.05, 0) is 29.7 Å². The van der Waals surface area contributed by atoms with Gasteiger partial charge in [-0.15, -0.1) is 0 Å². The maximum Gasteiger partial charge on any atom is 0.408 e. The van der Waals surface area contributed by atoms with Crippen molar-refractivity contribution in [1.82, 2.24) is 5.32 Å². The summed E-state index contributed by atoms with van der Waals surface area (Å²) >= 11 is 0. The zero-order chi connectivity index (χ0) is 16.5. The molecule has 0 aliphatic carbocycles. The zero-order valence-electron chi connectivity index (χ0n) is 12.9. The van der Waals surface area contributed by atoms with Gasteiger partial charge >= 0.3 is 6.09 Å². The molecule has 0 aliphatic heterocycles. The summed E-state index contributed by atoms with van der Waals surface area (Å²) in [6.45, 7) is 0.167. The minimum atomic E-state index is -0.633. The Morgan fingerprint density at radius 2 is 1.78 bits per heavy atom. The molecule has 23 heavy (non-hydrogen) atoms. The lowest BCUT2D eigenvalue weighted by atomic mass is 10.1. The van der Waals surface area contributed by atoms with E-state index in [0.29, 0.717) is 12.7 Å². The highest BCUT2D eigenvalue weighted by Crippen LogP contribution is 2.12. The van der Waals surface area contributed by atoms with E-state index in [2.05, 4.69) is 5.32 Å². The highest BCUT2D eigenvalue weighted by molar-refractivity contribution is 5.73. The Labute approximate surface area is 135 Å². The fraction of sp³-hybridized carbons (Fsp3) is 0.222. The molecule has 2 aromatic carbocycles.